The van der Waals surface area contributed by atoms with Crippen molar-refractivity contribution in [1.29, 1.82) is 0 Å². The molecule has 0 nitrogen and oxygen atoms in total. The molecule has 0 fully saturated rings. The van der Waals surface area contributed by atoms with E-state index in [1.807, 2.05) is 0 Å². The predicted molar refractivity (Wildman–Crippen MR) is 73.8 cm³/mol. The molecule has 0 aromatic heterocycles. The molecule has 0 N–H and O–H groups in total. The summed E-state index contributed by atoms with van der Waals surface area (Å²) < 4.78 is 0. The molecule has 0 atom stereocenters. The van der Waals surface area contributed by atoms with Crippen molar-refractivity contribution in [3.63, 3.8) is 0 Å². The van der Waals surface area contributed by atoms with Crippen LogP contribution in [-0.4, -0.2) is 0 Å². The average molecular weight is 223 g/mol. The SMILES string of the molecule is C[C](CCCc1ccccc1)c1ccccc1. The first-order valence-electron chi connectivity index (χ1n) is 6.28. The van der Waals surface area contributed by atoms with Gasteiger partial charge in [-0.05, 0) is 30.4 Å². The highest BCUT2D eigenvalue weighted by molar-refractivity contribution is 5.28. The van der Waals surface area contributed by atoms with Crippen LogP contribution in [0.25, 0.3) is 0 Å². The van der Waals surface area contributed by atoms with E-state index in [0.717, 1.165) is 0 Å². The monoisotopic (exact) mass is 223 g/mol. The molecule has 0 heteroatoms. The standard InChI is InChI=1S/C17H19/c1-15(17-13-6-3-7-14-17)9-8-12-16-10-4-2-5-11-16/h2-7,10-11,13-14H,8-9,12H2,1H3. The Morgan fingerprint density at radius 3 is 2.06 bits per heavy atom. The molecular formula is C17H19. The second-order valence-electron chi connectivity index (χ2n) is 4.49. The van der Waals surface area contributed by atoms with E-state index < -0.39 is 0 Å². The highest BCUT2D eigenvalue weighted by Crippen LogP contribution is 2.20. The summed E-state index contributed by atoms with van der Waals surface area (Å²) in [4.78, 5) is 0. The molecule has 0 saturated heterocycles. The Morgan fingerprint density at radius 1 is 0.824 bits per heavy atom. The van der Waals surface area contributed by atoms with Gasteiger partial charge in [0.2, 0.25) is 0 Å². The Balaban J connectivity index is 1.79. The largest absolute Gasteiger partial charge is 0.0622 e. The van der Waals surface area contributed by atoms with Gasteiger partial charge >= 0.3 is 0 Å². The number of rotatable bonds is 5. The van der Waals surface area contributed by atoms with Crippen LogP contribution in [0.1, 0.15) is 30.9 Å². The molecule has 17 heavy (non-hydrogen) atoms. The third kappa shape index (κ3) is 3.74. The summed E-state index contributed by atoms with van der Waals surface area (Å²) in [5.41, 5.74) is 2.81. The van der Waals surface area contributed by atoms with Crippen LogP contribution < -0.4 is 0 Å². The topological polar surface area (TPSA) is 0 Å². The van der Waals surface area contributed by atoms with Gasteiger partial charge in [0.05, 0.1) is 0 Å². The Bertz CT molecular complexity index is 416. The van der Waals surface area contributed by atoms with Gasteiger partial charge in [-0.1, -0.05) is 67.6 Å². The van der Waals surface area contributed by atoms with E-state index in [9.17, 15) is 0 Å². The minimum absolute atomic E-state index is 1.17. The molecule has 0 aliphatic rings. The van der Waals surface area contributed by atoms with Crippen LogP contribution in [0.5, 0.6) is 0 Å². The molecule has 2 aromatic carbocycles. The molecule has 87 valence electrons. The Hall–Kier alpha value is -1.56. The number of hydrogen-bond acceptors (Lipinski definition) is 0. The van der Waals surface area contributed by atoms with E-state index in [4.69, 9.17) is 0 Å². The third-order valence-electron chi connectivity index (χ3n) is 3.13. The quantitative estimate of drug-likeness (QED) is 0.692. The zero-order chi connectivity index (χ0) is 11.9. The van der Waals surface area contributed by atoms with Crippen molar-refractivity contribution >= 4 is 0 Å². The van der Waals surface area contributed by atoms with Crippen LogP contribution in [0.2, 0.25) is 0 Å². The molecule has 1 radical (unpaired) electrons. The zero-order valence-corrected chi connectivity index (χ0v) is 10.4. The second-order valence-corrected chi connectivity index (χ2v) is 4.49. The zero-order valence-electron chi connectivity index (χ0n) is 10.4. The minimum Gasteiger partial charge on any atom is -0.0622 e. The maximum atomic E-state index is 2.24. The molecule has 0 aliphatic heterocycles. The van der Waals surface area contributed by atoms with E-state index in [0.29, 0.717) is 0 Å². The van der Waals surface area contributed by atoms with Crippen molar-refractivity contribution in [3.05, 3.63) is 77.7 Å². The Labute approximate surface area is 104 Å². The molecule has 0 bridgehead atoms. The van der Waals surface area contributed by atoms with Crippen molar-refractivity contribution < 1.29 is 0 Å². The maximum Gasteiger partial charge on any atom is 0.00190 e. The smallest absolute Gasteiger partial charge is 0.00190 e. The molecule has 0 amide bonds. The van der Waals surface area contributed by atoms with E-state index in [1.165, 1.54) is 36.3 Å². The fourth-order valence-corrected chi connectivity index (χ4v) is 2.07. The molecule has 2 rings (SSSR count). The lowest BCUT2D eigenvalue weighted by Gasteiger charge is -2.10. The van der Waals surface area contributed by atoms with Crippen LogP contribution >= 0.6 is 0 Å². The highest BCUT2D eigenvalue weighted by Gasteiger charge is 2.04. The summed E-state index contributed by atoms with van der Waals surface area (Å²) in [7, 11) is 0. The normalized spacial score (nSPS) is 10.7. The van der Waals surface area contributed by atoms with Crippen LogP contribution in [0.4, 0.5) is 0 Å². The van der Waals surface area contributed by atoms with Gasteiger partial charge in [0.1, 0.15) is 0 Å². The number of hydrogen-bond donors (Lipinski definition) is 0. The summed E-state index contributed by atoms with van der Waals surface area (Å²) in [5.74, 6) is 1.49. The first-order valence-corrected chi connectivity index (χ1v) is 6.28. The van der Waals surface area contributed by atoms with E-state index in [-0.39, 0.29) is 0 Å². The van der Waals surface area contributed by atoms with Crippen LogP contribution in [0.15, 0.2) is 60.7 Å². The highest BCUT2D eigenvalue weighted by atomic mass is 14.1. The van der Waals surface area contributed by atoms with Gasteiger partial charge < -0.3 is 0 Å². The Morgan fingerprint density at radius 2 is 1.41 bits per heavy atom. The lowest BCUT2D eigenvalue weighted by molar-refractivity contribution is 0.762. The van der Waals surface area contributed by atoms with Crippen molar-refractivity contribution in [3.8, 4) is 0 Å². The van der Waals surface area contributed by atoms with Crippen molar-refractivity contribution in [1.82, 2.24) is 0 Å². The lowest BCUT2D eigenvalue weighted by Crippen LogP contribution is -1.95. The molecular weight excluding hydrogens is 204 g/mol. The van der Waals surface area contributed by atoms with Crippen LogP contribution in [0, 0.1) is 5.92 Å². The molecule has 0 spiro atoms. The fourth-order valence-electron chi connectivity index (χ4n) is 2.07. The molecule has 0 unspecified atom stereocenters. The first kappa shape index (κ1) is 11.9. The van der Waals surface area contributed by atoms with Gasteiger partial charge in [0.25, 0.3) is 0 Å². The number of benzene rings is 2. The van der Waals surface area contributed by atoms with Crippen molar-refractivity contribution in [2.24, 2.45) is 0 Å². The van der Waals surface area contributed by atoms with Gasteiger partial charge in [-0.15, -0.1) is 0 Å². The van der Waals surface area contributed by atoms with Crippen LogP contribution in [0.3, 0.4) is 0 Å². The first-order chi connectivity index (χ1) is 8.36. The fraction of sp³-hybridized carbons (Fsp3) is 0.235. The summed E-state index contributed by atoms with van der Waals surface area (Å²) >= 11 is 0. The number of aryl methyl sites for hydroxylation is 1. The Kier molecular flexibility index (Phi) is 4.37. The molecule has 2 aromatic rings. The van der Waals surface area contributed by atoms with Crippen LogP contribution in [-0.2, 0) is 6.42 Å². The van der Waals surface area contributed by atoms with Gasteiger partial charge in [0.15, 0.2) is 0 Å². The maximum absolute atomic E-state index is 2.24. The molecule has 0 heterocycles. The van der Waals surface area contributed by atoms with Crippen molar-refractivity contribution in [2.75, 3.05) is 0 Å². The predicted octanol–water partition coefficient (Wildman–Crippen LogP) is 4.65. The lowest BCUT2D eigenvalue weighted by atomic mass is 9.94. The third-order valence-corrected chi connectivity index (χ3v) is 3.13. The summed E-state index contributed by atoms with van der Waals surface area (Å²) in [6.07, 6.45) is 3.58. The molecule has 0 aliphatic carbocycles. The summed E-state index contributed by atoms with van der Waals surface area (Å²) in [6, 6.07) is 21.4. The van der Waals surface area contributed by atoms with Gasteiger partial charge in [0, 0.05) is 5.92 Å². The second kappa shape index (κ2) is 6.24. The van der Waals surface area contributed by atoms with E-state index >= 15 is 0 Å². The van der Waals surface area contributed by atoms with Gasteiger partial charge in [-0.25, -0.2) is 0 Å². The van der Waals surface area contributed by atoms with Crippen molar-refractivity contribution in [2.45, 2.75) is 26.2 Å². The minimum atomic E-state index is 1.17. The van der Waals surface area contributed by atoms with E-state index in [1.54, 1.807) is 0 Å². The van der Waals surface area contributed by atoms with Gasteiger partial charge in [-0.3, -0.25) is 0 Å². The average Bonchev–Trinajstić information content (AvgIpc) is 2.41. The van der Waals surface area contributed by atoms with E-state index in [2.05, 4.69) is 67.6 Å². The summed E-state index contributed by atoms with van der Waals surface area (Å²) in [5, 5.41) is 0. The summed E-state index contributed by atoms with van der Waals surface area (Å²) in [6.45, 7) is 2.24. The van der Waals surface area contributed by atoms with Gasteiger partial charge in [-0.2, -0.15) is 0 Å². The molecule has 0 saturated carbocycles.